The van der Waals surface area contributed by atoms with Crippen LogP contribution in [0.1, 0.15) is 37.3 Å². The fourth-order valence-electron chi connectivity index (χ4n) is 1.58. The van der Waals surface area contributed by atoms with E-state index in [0.29, 0.717) is 5.13 Å². The highest BCUT2D eigenvalue weighted by atomic mass is 32.1. The van der Waals surface area contributed by atoms with Crippen LogP contribution in [-0.4, -0.2) is 28.5 Å². The predicted octanol–water partition coefficient (Wildman–Crippen LogP) is 1.31. The van der Waals surface area contributed by atoms with E-state index >= 15 is 0 Å². The molecule has 0 bridgehead atoms. The summed E-state index contributed by atoms with van der Waals surface area (Å²) < 4.78 is 5.46. The zero-order valence-corrected chi connectivity index (χ0v) is 10.2. The molecule has 92 valence electrons. The van der Waals surface area contributed by atoms with Gasteiger partial charge in [-0.05, 0) is 19.8 Å². The first-order valence-electron chi connectivity index (χ1n) is 5.39. The Hall–Kier alpha value is -1.34. The van der Waals surface area contributed by atoms with Gasteiger partial charge in [-0.1, -0.05) is 11.3 Å². The number of hydrogen-bond donors (Lipinski definition) is 1. The van der Waals surface area contributed by atoms with Crippen LogP contribution in [0.5, 0.6) is 0 Å². The third-order valence-corrected chi connectivity index (χ3v) is 3.23. The molecule has 2 rings (SSSR count). The van der Waals surface area contributed by atoms with E-state index < -0.39 is 0 Å². The van der Waals surface area contributed by atoms with Crippen LogP contribution in [0.25, 0.3) is 0 Å². The first kappa shape index (κ1) is 12.1. The fraction of sp³-hybridized carbons (Fsp3) is 0.600. The summed E-state index contributed by atoms with van der Waals surface area (Å²) >= 11 is 1.30. The second-order valence-electron chi connectivity index (χ2n) is 3.87. The Morgan fingerprint density at radius 3 is 3.00 bits per heavy atom. The molecule has 1 fully saturated rings. The van der Waals surface area contributed by atoms with Gasteiger partial charge >= 0.3 is 0 Å². The van der Waals surface area contributed by atoms with Crippen LogP contribution in [0, 0.1) is 0 Å². The van der Waals surface area contributed by atoms with Crippen molar-refractivity contribution in [3.63, 3.8) is 0 Å². The molecule has 1 unspecified atom stereocenters. The van der Waals surface area contributed by atoms with Crippen LogP contribution in [0.3, 0.4) is 0 Å². The average Bonchev–Trinajstić information content (AvgIpc) is 2.84. The Morgan fingerprint density at radius 2 is 2.35 bits per heavy atom. The number of carbonyl (C=O) groups is 2. The number of nitrogens with one attached hydrogen (secondary N) is 1. The molecule has 1 aliphatic heterocycles. The van der Waals surface area contributed by atoms with E-state index in [2.05, 4.69) is 15.5 Å². The number of ketones is 1. The molecule has 0 radical (unpaired) electrons. The van der Waals surface area contributed by atoms with Crippen molar-refractivity contribution >= 4 is 28.2 Å². The normalized spacial score (nSPS) is 19.2. The lowest BCUT2D eigenvalue weighted by Gasteiger charge is -2.02. The molecule has 0 aromatic carbocycles. The lowest BCUT2D eigenvalue weighted by molar-refractivity contribution is -0.124. The molecular formula is C10H13N3O3S. The van der Waals surface area contributed by atoms with E-state index in [1.165, 1.54) is 18.3 Å². The minimum Gasteiger partial charge on any atom is -0.371 e. The second kappa shape index (κ2) is 5.33. The van der Waals surface area contributed by atoms with Crippen LogP contribution in [0.15, 0.2) is 0 Å². The maximum absolute atomic E-state index is 11.3. The van der Waals surface area contributed by atoms with Crippen molar-refractivity contribution in [3.8, 4) is 0 Å². The molecular weight excluding hydrogens is 242 g/mol. The van der Waals surface area contributed by atoms with Gasteiger partial charge in [-0.2, -0.15) is 0 Å². The third-order valence-electron chi connectivity index (χ3n) is 2.30. The molecule has 0 saturated carbocycles. The van der Waals surface area contributed by atoms with E-state index in [9.17, 15) is 9.59 Å². The summed E-state index contributed by atoms with van der Waals surface area (Å²) in [6.45, 7) is 2.12. The van der Waals surface area contributed by atoms with Crippen LogP contribution >= 0.6 is 11.3 Å². The number of amides is 1. The number of carbonyl (C=O) groups excluding carboxylic acids is 2. The SMILES string of the molecule is CC(=O)CC(=O)Nc1nnc(C2CCCO2)s1. The largest absolute Gasteiger partial charge is 0.371 e. The lowest BCUT2D eigenvalue weighted by atomic mass is 10.2. The van der Waals surface area contributed by atoms with Crippen molar-refractivity contribution in [3.05, 3.63) is 5.01 Å². The van der Waals surface area contributed by atoms with Crippen LogP contribution < -0.4 is 5.32 Å². The van der Waals surface area contributed by atoms with Gasteiger partial charge in [0, 0.05) is 6.61 Å². The first-order valence-corrected chi connectivity index (χ1v) is 6.21. The van der Waals surface area contributed by atoms with Gasteiger partial charge < -0.3 is 10.1 Å². The minimum absolute atomic E-state index is 0.00552. The van der Waals surface area contributed by atoms with Crippen molar-refractivity contribution in [2.45, 2.75) is 32.3 Å². The molecule has 1 aliphatic rings. The predicted molar refractivity (Wildman–Crippen MR) is 61.8 cm³/mol. The average molecular weight is 255 g/mol. The Balaban J connectivity index is 1.93. The maximum Gasteiger partial charge on any atom is 0.233 e. The van der Waals surface area contributed by atoms with Gasteiger partial charge in [0.15, 0.2) is 0 Å². The molecule has 17 heavy (non-hydrogen) atoms. The van der Waals surface area contributed by atoms with Crippen molar-refractivity contribution in [1.29, 1.82) is 0 Å². The zero-order valence-electron chi connectivity index (χ0n) is 9.43. The fourth-order valence-corrected chi connectivity index (χ4v) is 2.42. The summed E-state index contributed by atoms with van der Waals surface area (Å²) in [6.07, 6.45) is 1.84. The van der Waals surface area contributed by atoms with Crippen molar-refractivity contribution in [1.82, 2.24) is 10.2 Å². The number of anilines is 1. The van der Waals surface area contributed by atoms with E-state index in [-0.39, 0.29) is 24.2 Å². The Morgan fingerprint density at radius 1 is 1.53 bits per heavy atom. The summed E-state index contributed by atoms with van der Waals surface area (Å²) in [7, 11) is 0. The number of aromatic nitrogens is 2. The molecule has 1 aromatic heterocycles. The number of rotatable bonds is 4. The Labute approximate surface area is 102 Å². The van der Waals surface area contributed by atoms with Gasteiger partial charge in [0.2, 0.25) is 11.0 Å². The van der Waals surface area contributed by atoms with E-state index in [1.54, 1.807) is 0 Å². The highest BCUT2D eigenvalue weighted by Gasteiger charge is 2.22. The third kappa shape index (κ3) is 3.31. The molecule has 1 atom stereocenters. The van der Waals surface area contributed by atoms with Crippen molar-refractivity contribution < 1.29 is 14.3 Å². The van der Waals surface area contributed by atoms with Crippen molar-refractivity contribution in [2.24, 2.45) is 0 Å². The molecule has 7 heteroatoms. The minimum atomic E-state index is -0.354. The summed E-state index contributed by atoms with van der Waals surface area (Å²) in [5, 5.41) is 11.6. The lowest BCUT2D eigenvalue weighted by Crippen LogP contribution is -2.14. The molecule has 1 amide bonds. The molecule has 1 N–H and O–H groups in total. The number of ether oxygens (including phenoxy) is 1. The molecule has 2 heterocycles. The molecule has 1 saturated heterocycles. The van der Waals surface area contributed by atoms with E-state index in [1.807, 2.05) is 0 Å². The number of hydrogen-bond acceptors (Lipinski definition) is 6. The Bertz CT molecular complexity index is 426. The smallest absolute Gasteiger partial charge is 0.233 e. The molecule has 6 nitrogen and oxygen atoms in total. The van der Waals surface area contributed by atoms with E-state index in [0.717, 1.165) is 24.5 Å². The van der Waals surface area contributed by atoms with E-state index in [4.69, 9.17) is 4.74 Å². The summed E-state index contributed by atoms with van der Waals surface area (Å²) in [5.41, 5.74) is 0. The summed E-state index contributed by atoms with van der Waals surface area (Å²) in [4.78, 5) is 22.1. The Kier molecular flexibility index (Phi) is 3.80. The molecule has 0 spiro atoms. The first-order chi connectivity index (χ1) is 8.15. The van der Waals surface area contributed by atoms with Gasteiger partial charge in [-0.15, -0.1) is 10.2 Å². The number of nitrogens with zero attached hydrogens (tertiary/aromatic N) is 2. The second-order valence-corrected chi connectivity index (χ2v) is 4.88. The van der Waals surface area contributed by atoms with Crippen LogP contribution in [0.4, 0.5) is 5.13 Å². The summed E-state index contributed by atoms with van der Waals surface area (Å²) in [5.74, 6) is -0.529. The topological polar surface area (TPSA) is 81.2 Å². The quantitative estimate of drug-likeness (QED) is 0.820. The van der Waals surface area contributed by atoms with Gasteiger partial charge in [-0.25, -0.2) is 0 Å². The number of Topliss-reactive ketones (excluding diaryl/α,β-unsaturated/α-hetero) is 1. The molecule has 0 aliphatic carbocycles. The highest BCUT2D eigenvalue weighted by molar-refractivity contribution is 7.15. The van der Waals surface area contributed by atoms with Crippen LogP contribution in [0.2, 0.25) is 0 Å². The monoisotopic (exact) mass is 255 g/mol. The van der Waals surface area contributed by atoms with Gasteiger partial charge in [0.25, 0.3) is 0 Å². The van der Waals surface area contributed by atoms with Gasteiger partial charge in [0.05, 0.1) is 6.42 Å². The van der Waals surface area contributed by atoms with Crippen LogP contribution in [-0.2, 0) is 14.3 Å². The zero-order chi connectivity index (χ0) is 12.3. The van der Waals surface area contributed by atoms with Gasteiger partial charge in [-0.3, -0.25) is 9.59 Å². The summed E-state index contributed by atoms with van der Waals surface area (Å²) in [6, 6.07) is 0. The molecule has 1 aromatic rings. The standard InChI is InChI=1S/C10H13N3O3S/c1-6(14)5-8(15)11-10-13-12-9(17-10)7-3-2-4-16-7/h7H,2-5H2,1H3,(H,11,13,15). The van der Waals surface area contributed by atoms with Gasteiger partial charge in [0.1, 0.15) is 16.9 Å². The maximum atomic E-state index is 11.3. The van der Waals surface area contributed by atoms with Crippen molar-refractivity contribution in [2.75, 3.05) is 11.9 Å². The highest BCUT2D eigenvalue weighted by Crippen LogP contribution is 2.31.